The van der Waals surface area contributed by atoms with Gasteiger partial charge in [-0.3, -0.25) is 9.69 Å². The van der Waals surface area contributed by atoms with E-state index in [1.807, 2.05) is 24.3 Å². The van der Waals surface area contributed by atoms with Crippen LogP contribution in [0.5, 0.6) is 11.5 Å². The molecule has 0 aliphatic carbocycles. The summed E-state index contributed by atoms with van der Waals surface area (Å²) in [5, 5.41) is 2.85. The third kappa shape index (κ3) is 7.16. The van der Waals surface area contributed by atoms with Gasteiger partial charge < -0.3 is 19.7 Å². The summed E-state index contributed by atoms with van der Waals surface area (Å²) in [7, 11) is 1.25. The van der Waals surface area contributed by atoms with Gasteiger partial charge in [0.25, 0.3) is 0 Å². The summed E-state index contributed by atoms with van der Waals surface area (Å²) in [5.74, 6) is 0.488. The molecule has 1 heterocycles. The minimum Gasteiger partial charge on any atom is -0.493 e. The minimum atomic E-state index is -3.79. The van der Waals surface area contributed by atoms with Gasteiger partial charge in [0.05, 0.1) is 19.1 Å². The average molecular weight is 477 g/mol. The van der Waals surface area contributed by atoms with Crippen LogP contribution in [0.3, 0.4) is 0 Å². The number of ether oxygens (including phenoxy) is 2. The molecule has 0 aromatic heterocycles. The Hall–Kier alpha value is -2.66. The summed E-state index contributed by atoms with van der Waals surface area (Å²) in [4.78, 5) is 17.1. The molecule has 3 rings (SSSR count). The summed E-state index contributed by atoms with van der Waals surface area (Å²) in [6, 6.07) is 12.1. The molecule has 2 aromatic rings. The van der Waals surface area contributed by atoms with Crippen LogP contribution in [0.25, 0.3) is 0 Å². The number of hydrogen-bond donors (Lipinski definition) is 2. The second kappa shape index (κ2) is 11.5. The molecule has 9 nitrogen and oxygen atoms in total. The molecule has 2 N–H and O–H groups in total. The van der Waals surface area contributed by atoms with Crippen molar-refractivity contribution in [1.82, 2.24) is 14.5 Å². The van der Waals surface area contributed by atoms with Crippen LogP contribution >= 0.6 is 0 Å². The molecule has 1 aliphatic heterocycles. The Morgan fingerprint density at radius 2 is 1.73 bits per heavy atom. The maximum Gasteiger partial charge on any atom is 0.240 e. The third-order valence-corrected chi connectivity index (χ3v) is 6.98. The summed E-state index contributed by atoms with van der Waals surface area (Å²) in [5.41, 5.74) is 1.83. The number of benzene rings is 2. The van der Waals surface area contributed by atoms with Crippen molar-refractivity contribution in [1.29, 1.82) is 0 Å². The molecule has 0 radical (unpaired) electrons. The first-order valence-electron chi connectivity index (χ1n) is 10.8. The predicted octanol–water partition coefficient (Wildman–Crippen LogP) is 1.76. The lowest BCUT2D eigenvalue weighted by Crippen LogP contribution is -2.43. The van der Waals surface area contributed by atoms with Crippen LogP contribution in [-0.2, 0) is 21.4 Å². The van der Waals surface area contributed by atoms with E-state index in [4.69, 9.17) is 9.47 Å². The van der Waals surface area contributed by atoms with E-state index < -0.39 is 10.0 Å². The molecule has 0 spiro atoms. The van der Waals surface area contributed by atoms with Gasteiger partial charge in [-0.15, -0.1) is 0 Å². The van der Waals surface area contributed by atoms with Gasteiger partial charge in [0.2, 0.25) is 15.9 Å². The smallest absolute Gasteiger partial charge is 0.240 e. The van der Waals surface area contributed by atoms with E-state index in [-0.39, 0.29) is 23.8 Å². The Bertz CT molecular complexity index is 1050. The Balaban J connectivity index is 1.50. The lowest BCUT2D eigenvalue weighted by atomic mass is 10.1. The highest BCUT2D eigenvalue weighted by Crippen LogP contribution is 2.29. The normalized spacial score (nSPS) is 15.2. The monoisotopic (exact) mass is 476 g/mol. The van der Waals surface area contributed by atoms with Crippen LogP contribution in [0.4, 0.5) is 5.69 Å². The standard InChI is InChI=1S/C23H32N4O5S/c1-26-11-13-27(14-12-26)17-18-5-4-6-19(15-18)25-23(28)9-10-24-33(29,30)20-7-8-21(31-2)22(16-20)32-3/h4-8,15-16,24H,9-14,17H2,1-3H3,(H,25,28). The van der Waals surface area contributed by atoms with Gasteiger partial charge in [0.15, 0.2) is 11.5 Å². The molecule has 33 heavy (non-hydrogen) atoms. The Morgan fingerprint density at radius 3 is 2.42 bits per heavy atom. The average Bonchev–Trinajstić information content (AvgIpc) is 2.80. The number of anilines is 1. The predicted molar refractivity (Wildman–Crippen MR) is 127 cm³/mol. The van der Waals surface area contributed by atoms with Crippen molar-refractivity contribution in [2.45, 2.75) is 17.9 Å². The highest BCUT2D eigenvalue weighted by Gasteiger charge is 2.18. The minimum absolute atomic E-state index is 0.00913. The van der Waals surface area contributed by atoms with Crippen LogP contribution in [0.15, 0.2) is 47.4 Å². The molecule has 1 saturated heterocycles. The zero-order valence-electron chi connectivity index (χ0n) is 19.3. The largest absolute Gasteiger partial charge is 0.493 e. The van der Waals surface area contributed by atoms with Gasteiger partial charge in [-0.25, -0.2) is 13.1 Å². The molecular weight excluding hydrogens is 444 g/mol. The molecule has 1 aliphatic rings. The van der Waals surface area contributed by atoms with Crippen molar-refractivity contribution in [2.24, 2.45) is 0 Å². The number of nitrogens with zero attached hydrogens (tertiary/aromatic N) is 2. The number of methoxy groups -OCH3 is 2. The van der Waals surface area contributed by atoms with Gasteiger partial charge in [-0.2, -0.15) is 0 Å². The quantitative estimate of drug-likeness (QED) is 0.539. The van der Waals surface area contributed by atoms with Crippen LogP contribution < -0.4 is 19.5 Å². The Labute approximate surface area is 195 Å². The van der Waals surface area contributed by atoms with E-state index in [1.54, 1.807) is 0 Å². The summed E-state index contributed by atoms with van der Waals surface area (Å²) in [6.45, 7) is 4.96. The van der Waals surface area contributed by atoms with Crippen LogP contribution in [0, 0.1) is 0 Å². The Morgan fingerprint density at radius 1 is 1.00 bits per heavy atom. The van der Waals surface area contributed by atoms with E-state index in [1.165, 1.54) is 32.4 Å². The molecule has 180 valence electrons. The van der Waals surface area contributed by atoms with Crippen molar-refractivity contribution in [3.8, 4) is 11.5 Å². The maximum absolute atomic E-state index is 12.5. The summed E-state index contributed by atoms with van der Waals surface area (Å²) >= 11 is 0. The van der Waals surface area contributed by atoms with Crippen LogP contribution in [0.2, 0.25) is 0 Å². The van der Waals surface area contributed by atoms with Gasteiger partial charge in [0.1, 0.15) is 0 Å². The van der Waals surface area contributed by atoms with E-state index in [0.717, 1.165) is 38.3 Å². The van der Waals surface area contributed by atoms with E-state index >= 15 is 0 Å². The van der Waals surface area contributed by atoms with E-state index in [9.17, 15) is 13.2 Å². The maximum atomic E-state index is 12.5. The molecule has 0 unspecified atom stereocenters. The van der Waals surface area contributed by atoms with Crippen LogP contribution in [-0.4, -0.2) is 78.1 Å². The van der Waals surface area contributed by atoms with Crippen molar-refractivity contribution in [3.05, 3.63) is 48.0 Å². The molecule has 1 amide bonds. The van der Waals surface area contributed by atoms with Gasteiger partial charge in [-0.05, 0) is 36.9 Å². The zero-order chi connectivity index (χ0) is 23.8. The van der Waals surface area contributed by atoms with Crippen LogP contribution in [0.1, 0.15) is 12.0 Å². The first-order valence-corrected chi connectivity index (χ1v) is 12.3. The zero-order valence-corrected chi connectivity index (χ0v) is 20.2. The molecule has 2 aromatic carbocycles. The van der Waals surface area contributed by atoms with E-state index in [2.05, 4.69) is 26.9 Å². The molecule has 0 atom stereocenters. The first kappa shape index (κ1) is 25.0. The topological polar surface area (TPSA) is 100 Å². The first-order chi connectivity index (χ1) is 15.8. The highest BCUT2D eigenvalue weighted by atomic mass is 32.2. The fourth-order valence-electron chi connectivity index (χ4n) is 3.60. The van der Waals surface area contributed by atoms with Gasteiger partial charge in [0, 0.05) is 57.4 Å². The molecule has 0 bridgehead atoms. The number of piperazine rings is 1. The number of hydrogen-bond acceptors (Lipinski definition) is 7. The van der Waals surface area contributed by atoms with Gasteiger partial charge in [-0.1, -0.05) is 12.1 Å². The SMILES string of the molecule is COc1ccc(S(=O)(=O)NCCC(=O)Nc2cccc(CN3CCN(C)CC3)c2)cc1OC. The number of rotatable bonds is 10. The fourth-order valence-corrected chi connectivity index (χ4v) is 4.65. The molecule has 0 saturated carbocycles. The van der Waals surface area contributed by atoms with Crippen molar-refractivity contribution in [2.75, 3.05) is 59.3 Å². The highest BCUT2D eigenvalue weighted by molar-refractivity contribution is 7.89. The second-order valence-corrected chi connectivity index (χ2v) is 9.76. The lowest BCUT2D eigenvalue weighted by molar-refractivity contribution is -0.116. The third-order valence-electron chi connectivity index (χ3n) is 5.52. The summed E-state index contributed by atoms with van der Waals surface area (Å²) < 4.78 is 37.8. The number of sulfonamides is 1. The Kier molecular flexibility index (Phi) is 8.67. The number of likely N-dealkylation sites (N-methyl/N-ethyl adjacent to an activating group) is 1. The summed E-state index contributed by atoms with van der Waals surface area (Å²) in [6.07, 6.45) is 0.00913. The number of carbonyl (C=O) groups excluding carboxylic acids is 1. The molecular formula is C23H32N4O5S. The van der Waals surface area contributed by atoms with Crippen molar-refractivity contribution >= 4 is 21.6 Å². The lowest BCUT2D eigenvalue weighted by Gasteiger charge is -2.32. The molecule has 1 fully saturated rings. The van der Waals surface area contributed by atoms with Gasteiger partial charge >= 0.3 is 0 Å². The second-order valence-electron chi connectivity index (χ2n) is 7.99. The number of nitrogens with one attached hydrogen (secondary N) is 2. The fraction of sp³-hybridized carbons (Fsp3) is 0.435. The van der Waals surface area contributed by atoms with Crippen molar-refractivity contribution < 1.29 is 22.7 Å². The van der Waals surface area contributed by atoms with Crippen molar-refractivity contribution in [3.63, 3.8) is 0 Å². The molecule has 10 heteroatoms. The number of carbonyl (C=O) groups is 1. The van der Waals surface area contributed by atoms with E-state index in [0.29, 0.717) is 17.2 Å². The number of amides is 1.